The van der Waals surface area contributed by atoms with Crippen molar-refractivity contribution in [3.63, 3.8) is 0 Å². The first-order valence-electron chi connectivity index (χ1n) is 7.35. The first kappa shape index (κ1) is 15.8. The van der Waals surface area contributed by atoms with Crippen molar-refractivity contribution >= 4 is 17.7 Å². The van der Waals surface area contributed by atoms with Gasteiger partial charge in [-0.1, -0.05) is 43.6 Å². The summed E-state index contributed by atoms with van der Waals surface area (Å²) in [6, 6.07) is 9.94. The zero-order valence-electron chi connectivity index (χ0n) is 12.9. The Bertz CT molecular complexity index is 789. The highest BCUT2D eigenvalue weighted by Gasteiger charge is 2.40. The Morgan fingerprint density at radius 2 is 2.04 bits per heavy atom. The fourth-order valence-corrected chi connectivity index (χ4v) is 3.62. The molecule has 2 aromatic carbocycles. The van der Waals surface area contributed by atoms with Crippen LogP contribution in [0.4, 0.5) is 9.18 Å². The lowest BCUT2D eigenvalue weighted by Gasteiger charge is -2.27. The van der Waals surface area contributed by atoms with Gasteiger partial charge in [0.2, 0.25) is 0 Å². The molecule has 0 spiro atoms. The van der Waals surface area contributed by atoms with Crippen molar-refractivity contribution < 1.29 is 14.3 Å². The average Bonchev–Trinajstić information content (AvgIpc) is 2.68. The van der Waals surface area contributed by atoms with Crippen molar-refractivity contribution in [1.82, 2.24) is 5.32 Å². The molecule has 23 heavy (non-hydrogen) atoms. The average molecular weight is 334 g/mol. The van der Waals surface area contributed by atoms with E-state index in [1.165, 1.54) is 12.1 Å². The van der Waals surface area contributed by atoms with Crippen molar-refractivity contribution in [1.29, 1.82) is 0 Å². The molecular weight excluding hydrogens is 317 g/mol. The summed E-state index contributed by atoms with van der Waals surface area (Å²) in [6.45, 7) is 4.08. The van der Waals surface area contributed by atoms with Gasteiger partial charge in [-0.05, 0) is 46.7 Å². The first-order chi connectivity index (χ1) is 10.8. The van der Waals surface area contributed by atoms with Crippen LogP contribution in [0, 0.1) is 11.2 Å². The predicted octanol–water partition coefficient (Wildman–Crippen LogP) is 5.04. The number of carbonyl (C=O) groups is 1. The molecule has 1 aliphatic carbocycles. The molecule has 2 N–H and O–H groups in total. The fraction of sp³-hybridized carbons (Fsp3) is 0.278. The summed E-state index contributed by atoms with van der Waals surface area (Å²) in [7, 11) is 0. The minimum Gasteiger partial charge on any atom is -0.465 e. The van der Waals surface area contributed by atoms with Gasteiger partial charge in [0, 0.05) is 5.56 Å². The summed E-state index contributed by atoms with van der Waals surface area (Å²) in [6.07, 6.45) is -0.262. The Morgan fingerprint density at radius 3 is 2.70 bits per heavy atom. The number of benzene rings is 2. The van der Waals surface area contributed by atoms with Gasteiger partial charge in [-0.15, -0.1) is 0 Å². The summed E-state index contributed by atoms with van der Waals surface area (Å²) in [4.78, 5) is 11.1. The highest BCUT2D eigenvalue weighted by molar-refractivity contribution is 6.33. The van der Waals surface area contributed by atoms with Gasteiger partial charge in [0.25, 0.3) is 0 Å². The second-order valence-corrected chi connectivity index (χ2v) is 6.99. The molecule has 1 amide bonds. The van der Waals surface area contributed by atoms with Crippen LogP contribution in [0.5, 0.6) is 0 Å². The molecule has 3 nitrogen and oxygen atoms in total. The van der Waals surface area contributed by atoms with Gasteiger partial charge >= 0.3 is 6.09 Å². The Hall–Kier alpha value is -2.07. The second kappa shape index (κ2) is 5.53. The molecule has 0 saturated heterocycles. The van der Waals surface area contributed by atoms with Crippen molar-refractivity contribution in [2.75, 3.05) is 0 Å². The predicted molar refractivity (Wildman–Crippen MR) is 88.2 cm³/mol. The molecule has 0 fully saturated rings. The number of halogens is 2. The van der Waals surface area contributed by atoms with Crippen LogP contribution in [0.2, 0.25) is 5.02 Å². The van der Waals surface area contributed by atoms with E-state index >= 15 is 0 Å². The molecule has 3 rings (SSSR count). The summed E-state index contributed by atoms with van der Waals surface area (Å²) in [5.74, 6) is -0.369. The molecule has 0 saturated carbocycles. The molecule has 1 unspecified atom stereocenters. The normalized spacial score (nSPS) is 18.5. The molecule has 120 valence electrons. The molecule has 1 aliphatic rings. The molecule has 0 heterocycles. The lowest BCUT2D eigenvalue weighted by atomic mass is 9.85. The zero-order chi connectivity index (χ0) is 16.8. The van der Waals surface area contributed by atoms with Gasteiger partial charge in [-0.2, -0.15) is 0 Å². The molecule has 0 aromatic heterocycles. The van der Waals surface area contributed by atoms with Gasteiger partial charge in [0.15, 0.2) is 0 Å². The van der Waals surface area contributed by atoms with E-state index in [0.29, 0.717) is 5.02 Å². The van der Waals surface area contributed by atoms with Gasteiger partial charge in [0.05, 0.1) is 11.1 Å². The van der Waals surface area contributed by atoms with Crippen LogP contribution in [-0.2, 0) is 6.42 Å². The lowest BCUT2D eigenvalue weighted by Crippen LogP contribution is -2.34. The number of hydrogen-bond donors (Lipinski definition) is 2. The highest BCUT2D eigenvalue weighted by atomic mass is 35.5. The van der Waals surface area contributed by atoms with E-state index in [1.54, 1.807) is 6.07 Å². The standard InChI is InChI=1S/C18H17ClFNO2/c1-18(2)9-11-7-10(13-6-4-12(20)8-15(13)19)3-5-14(11)16(18)21-17(22)23/h3-8,16,21H,9H2,1-2H3,(H,22,23). The van der Waals surface area contributed by atoms with Crippen molar-refractivity contribution in [3.8, 4) is 11.1 Å². The maximum atomic E-state index is 13.2. The Labute approximate surface area is 139 Å². The maximum absolute atomic E-state index is 13.2. The van der Waals surface area contributed by atoms with E-state index in [-0.39, 0.29) is 17.3 Å². The SMILES string of the molecule is CC1(C)Cc2cc(-c3ccc(F)cc3Cl)ccc2C1NC(=O)O. The molecule has 5 heteroatoms. The number of fused-ring (bicyclic) bond motifs is 1. The van der Waals surface area contributed by atoms with Crippen LogP contribution in [0.15, 0.2) is 36.4 Å². The van der Waals surface area contributed by atoms with Crippen LogP contribution < -0.4 is 5.32 Å². The largest absolute Gasteiger partial charge is 0.465 e. The third kappa shape index (κ3) is 2.91. The van der Waals surface area contributed by atoms with Gasteiger partial charge in [0.1, 0.15) is 5.82 Å². The molecule has 0 bridgehead atoms. The van der Waals surface area contributed by atoms with Gasteiger partial charge in [-0.3, -0.25) is 0 Å². The molecule has 2 aromatic rings. The molecular formula is C18H17ClFNO2. The zero-order valence-corrected chi connectivity index (χ0v) is 13.6. The van der Waals surface area contributed by atoms with E-state index < -0.39 is 6.09 Å². The summed E-state index contributed by atoms with van der Waals surface area (Å²) >= 11 is 6.14. The Kier molecular flexibility index (Phi) is 3.80. The minimum absolute atomic E-state index is 0.202. The number of nitrogens with one attached hydrogen (secondary N) is 1. The second-order valence-electron chi connectivity index (χ2n) is 6.59. The topological polar surface area (TPSA) is 49.3 Å². The van der Waals surface area contributed by atoms with Crippen LogP contribution >= 0.6 is 11.6 Å². The van der Waals surface area contributed by atoms with Crippen molar-refractivity contribution in [2.24, 2.45) is 5.41 Å². The van der Waals surface area contributed by atoms with E-state index in [9.17, 15) is 9.18 Å². The summed E-state index contributed by atoms with van der Waals surface area (Å²) in [5, 5.41) is 12.0. The van der Waals surface area contributed by atoms with Crippen molar-refractivity contribution in [2.45, 2.75) is 26.3 Å². The van der Waals surface area contributed by atoms with E-state index in [2.05, 4.69) is 5.32 Å². The Morgan fingerprint density at radius 1 is 1.30 bits per heavy atom. The number of rotatable bonds is 2. The van der Waals surface area contributed by atoms with Crippen LogP contribution in [0.25, 0.3) is 11.1 Å². The summed E-state index contributed by atoms with van der Waals surface area (Å²) in [5.41, 5.74) is 3.54. The number of carboxylic acid groups (broad SMARTS) is 1. The number of hydrogen-bond acceptors (Lipinski definition) is 1. The van der Waals surface area contributed by atoms with Crippen LogP contribution in [0.1, 0.15) is 31.0 Å². The quantitative estimate of drug-likeness (QED) is 0.809. The third-order valence-corrected chi connectivity index (χ3v) is 4.70. The first-order valence-corrected chi connectivity index (χ1v) is 7.73. The summed E-state index contributed by atoms with van der Waals surface area (Å²) < 4.78 is 13.2. The highest BCUT2D eigenvalue weighted by Crippen LogP contribution is 2.46. The van der Waals surface area contributed by atoms with Gasteiger partial charge in [-0.25, -0.2) is 9.18 Å². The minimum atomic E-state index is -1.03. The van der Waals surface area contributed by atoms with Crippen molar-refractivity contribution in [3.05, 3.63) is 58.4 Å². The third-order valence-electron chi connectivity index (χ3n) is 4.39. The maximum Gasteiger partial charge on any atom is 0.405 e. The Balaban J connectivity index is 2.03. The van der Waals surface area contributed by atoms with Crippen LogP contribution in [-0.4, -0.2) is 11.2 Å². The molecule has 1 atom stereocenters. The molecule has 0 aliphatic heterocycles. The monoisotopic (exact) mass is 333 g/mol. The van der Waals surface area contributed by atoms with Crippen LogP contribution in [0.3, 0.4) is 0 Å². The van der Waals surface area contributed by atoms with Gasteiger partial charge < -0.3 is 10.4 Å². The number of amides is 1. The van der Waals surface area contributed by atoms with E-state index in [4.69, 9.17) is 16.7 Å². The smallest absolute Gasteiger partial charge is 0.405 e. The fourth-order valence-electron chi connectivity index (χ4n) is 3.34. The lowest BCUT2D eigenvalue weighted by molar-refractivity contribution is 0.175. The van der Waals surface area contributed by atoms with E-state index in [1.807, 2.05) is 32.0 Å². The molecule has 0 radical (unpaired) electrons. The van der Waals surface area contributed by atoms with E-state index in [0.717, 1.165) is 28.7 Å².